The SMILES string of the molecule is CCc1ccc(C(C)NC(=O)CN(c2cccc(OC)c2)S(C)(=O)=O)cc1. The van der Waals surface area contributed by atoms with E-state index < -0.39 is 10.0 Å². The Bertz CT molecular complexity index is 879. The number of nitrogens with one attached hydrogen (secondary N) is 1. The Hall–Kier alpha value is -2.54. The molecule has 0 aliphatic carbocycles. The van der Waals surface area contributed by atoms with Gasteiger partial charge in [-0.05, 0) is 36.6 Å². The number of hydrogen-bond donors (Lipinski definition) is 1. The topological polar surface area (TPSA) is 75.7 Å². The number of sulfonamides is 1. The summed E-state index contributed by atoms with van der Waals surface area (Å²) < 4.78 is 30.6. The molecule has 2 rings (SSSR count). The molecule has 0 fully saturated rings. The number of carbonyl (C=O) groups is 1. The normalized spacial score (nSPS) is 12.3. The van der Waals surface area contributed by atoms with Crippen LogP contribution in [0.15, 0.2) is 48.5 Å². The Morgan fingerprint density at radius 2 is 1.85 bits per heavy atom. The zero-order valence-electron chi connectivity index (χ0n) is 16.1. The first-order valence-electron chi connectivity index (χ1n) is 8.74. The van der Waals surface area contributed by atoms with E-state index in [2.05, 4.69) is 12.2 Å². The van der Waals surface area contributed by atoms with Crippen LogP contribution in [-0.4, -0.2) is 34.2 Å². The molecule has 0 aliphatic rings. The van der Waals surface area contributed by atoms with Crippen LogP contribution < -0.4 is 14.4 Å². The molecule has 0 saturated heterocycles. The van der Waals surface area contributed by atoms with Crippen LogP contribution in [0.1, 0.15) is 31.0 Å². The van der Waals surface area contributed by atoms with E-state index in [0.29, 0.717) is 11.4 Å². The monoisotopic (exact) mass is 390 g/mol. The summed E-state index contributed by atoms with van der Waals surface area (Å²) in [6.07, 6.45) is 2.03. The van der Waals surface area contributed by atoms with Gasteiger partial charge in [-0.15, -0.1) is 0 Å². The zero-order chi connectivity index (χ0) is 20.0. The van der Waals surface area contributed by atoms with Gasteiger partial charge in [-0.1, -0.05) is 37.3 Å². The molecule has 146 valence electrons. The van der Waals surface area contributed by atoms with Crippen molar-refractivity contribution in [3.05, 3.63) is 59.7 Å². The summed E-state index contributed by atoms with van der Waals surface area (Å²) in [5.74, 6) is 0.140. The van der Waals surface area contributed by atoms with Crippen molar-refractivity contribution in [3.63, 3.8) is 0 Å². The Morgan fingerprint density at radius 1 is 1.19 bits per heavy atom. The Morgan fingerprint density at radius 3 is 2.41 bits per heavy atom. The fourth-order valence-electron chi connectivity index (χ4n) is 2.71. The third-order valence-corrected chi connectivity index (χ3v) is 5.43. The minimum absolute atomic E-state index is 0.227. The van der Waals surface area contributed by atoms with Gasteiger partial charge in [0.05, 0.1) is 25.1 Å². The van der Waals surface area contributed by atoms with Crippen molar-refractivity contribution in [1.82, 2.24) is 5.32 Å². The number of amides is 1. The van der Waals surface area contributed by atoms with Crippen LogP contribution in [0.2, 0.25) is 0 Å². The Balaban J connectivity index is 2.13. The van der Waals surface area contributed by atoms with E-state index in [0.717, 1.165) is 22.5 Å². The van der Waals surface area contributed by atoms with Gasteiger partial charge in [0, 0.05) is 6.07 Å². The molecule has 0 radical (unpaired) electrons. The number of benzene rings is 2. The van der Waals surface area contributed by atoms with Gasteiger partial charge < -0.3 is 10.1 Å². The lowest BCUT2D eigenvalue weighted by atomic mass is 10.1. The van der Waals surface area contributed by atoms with Crippen LogP contribution in [0.4, 0.5) is 5.69 Å². The minimum Gasteiger partial charge on any atom is -0.497 e. The van der Waals surface area contributed by atoms with Crippen LogP contribution in [0.5, 0.6) is 5.75 Å². The highest BCUT2D eigenvalue weighted by atomic mass is 32.2. The molecular formula is C20H26N2O4S. The van der Waals surface area contributed by atoms with E-state index in [9.17, 15) is 13.2 Å². The van der Waals surface area contributed by atoms with Gasteiger partial charge in [0.15, 0.2) is 0 Å². The lowest BCUT2D eigenvalue weighted by Gasteiger charge is -2.23. The number of carbonyl (C=O) groups excluding carboxylic acids is 1. The molecule has 0 bridgehead atoms. The lowest BCUT2D eigenvalue weighted by molar-refractivity contribution is -0.120. The Kier molecular flexibility index (Phi) is 6.85. The van der Waals surface area contributed by atoms with E-state index >= 15 is 0 Å². The van der Waals surface area contributed by atoms with Gasteiger partial charge in [0.25, 0.3) is 0 Å². The average molecular weight is 391 g/mol. The first-order chi connectivity index (χ1) is 12.7. The molecule has 0 spiro atoms. The summed E-state index contributed by atoms with van der Waals surface area (Å²) in [6, 6.07) is 14.4. The van der Waals surface area contributed by atoms with Crippen LogP contribution in [0.3, 0.4) is 0 Å². The predicted octanol–water partition coefficient (Wildman–Crippen LogP) is 2.90. The van der Waals surface area contributed by atoms with Crippen molar-refractivity contribution in [3.8, 4) is 5.75 Å². The highest BCUT2D eigenvalue weighted by molar-refractivity contribution is 7.92. The molecule has 0 heterocycles. The number of aryl methyl sites for hydroxylation is 1. The van der Waals surface area contributed by atoms with Crippen LogP contribution in [-0.2, 0) is 21.2 Å². The average Bonchev–Trinajstić information content (AvgIpc) is 2.65. The van der Waals surface area contributed by atoms with Crippen molar-refractivity contribution in [2.75, 3.05) is 24.2 Å². The van der Waals surface area contributed by atoms with Crippen molar-refractivity contribution in [2.24, 2.45) is 0 Å². The van der Waals surface area contributed by atoms with Gasteiger partial charge >= 0.3 is 0 Å². The first-order valence-corrected chi connectivity index (χ1v) is 10.6. The molecule has 1 N–H and O–H groups in total. The standard InChI is InChI=1S/C20H26N2O4S/c1-5-16-9-11-17(12-10-16)15(2)21-20(23)14-22(27(4,24)25)18-7-6-8-19(13-18)26-3/h6-13,15H,5,14H2,1-4H3,(H,21,23). The van der Waals surface area contributed by atoms with Gasteiger partial charge in [0.1, 0.15) is 12.3 Å². The van der Waals surface area contributed by atoms with Crippen molar-refractivity contribution in [2.45, 2.75) is 26.3 Å². The maximum absolute atomic E-state index is 12.5. The molecule has 0 aromatic heterocycles. The van der Waals surface area contributed by atoms with Gasteiger partial charge in [-0.3, -0.25) is 9.10 Å². The quantitative estimate of drug-likeness (QED) is 0.752. The highest BCUT2D eigenvalue weighted by Crippen LogP contribution is 2.23. The molecule has 6 nitrogen and oxygen atoms in total. The summed E-state index contributed by atoms with van der Waals surface area (Å²) in [4.78, 5) is 12.5. The number of hydrogen-bond acceptors (Lipinski definition) is 4. The smallest absolute Gasteiger partial charge is 0.241 e. The molecule has 2 aromatic rings. The first kappa shape index (κ1) is 20.8. The van der Waals surface area contributed by atoms with Crippen molar-refractivity contribution >= 4 is 21.6 Å². The molecule has 0 aliphatic heterocycles. The van der Waals surface area contributed by atoms with E-state index in [-0.39, 0.29) is 18.5 Å². The molecule has 1 atom stereocenters. The summed E-state index contributed by atoms with van der Waals surface area (Å²) in [5.41, 5.74) is 2.57. The maximum atomic E-state index is 12.5. The molecule has 1 amide bonds. The molecule has 27 heavy (non-hydrogen) atoms. The fraction of sp³-hybridized carbons (Fsp3) is 0.350. The largest absolute Gasteiger partial charge is 0.497 e. The van der Waals surface area contributed by atoms with E-state index in [1.165, 1.54) is 12.7 Å². The van der Waals surface area contributed by atoms with Gasteiger partial charge in [-0.2, -0.15) is 0 Å². The fourth-order valence-corrected chi connectivity index (χ4v) is 3.56. The summed E-state index contributed by atoms with van der Waals surface area (Å²) >= 11 is 0. The zero-order valence-corrected chi connectivity index (χ0v) is 16.9. The Labute approximate surface area is 161 Å². The third-order valence-electron chi connectivity index (χ3n) is 4.29. The van der Waals surface area contributed by atoms with Gasteiger partial charge in [-0.25, -0.2) is 8.42 Å². The van der Waals surface area contributed by atoms with E-state index in [1.807, 2.05) is 31.2 Å². The molecule has 0 saturated carbocycles. The second-order valence-corrected chi connectivity index (χ2v) is 8.26. The molecule has 7 heteroatoms. The number of methoxy groups -OCH3 is 1. The van der Waals surface area contributed by atoms with E-state index in [4.69, 9.17) is 4.74 Å². The van der Waals surface area contributed by atoms with Gasteiger partial charge in [0.2, 0.25) is 15.9 Å². The number of rotatable bonds is 8. The molecular weight excluding hydrogens is 364 g/mol. The second-order valence-electron chi connectivity index (χ2n) is 6.36. The number of anilines is 1. The summed E-state index contributed by atoms with van der Waals surface area (Å²) in [7, 11) is -2.13. The molecule has 1 unspecified atom stereocenters. The summed E-state index contributed by atoms with van der Waals surface area (Å²) in [6.45, 7) is 3.65. The second kappa shape index (κ2) is 8.90. The van der Waals surface area contributed by atoms with Crippen LogP contribution in [0.25, 0.3) is 0 Å². The van der Waals surface area contributed by atoms with Crippen molar-refractivity contribution in [1.29, 1.82) is 0 Å². The van der Waals surface area contributed by atoms with E-state index in [1.54, 1.807) is 24.3 Å². The highest BCUT2D eigenvalue weighted by Gasteiger charge is 2.22. The van der Waals surface area contributed by atoms with Crippen LogP contribution >= 0.6 is 0 Å². The minimum atomic E-state index is -3.63. The summed E-state index contributed by atoms with van der Waals surface area (Å²) in [5, 5.41) is 2.86. The maximum Gasteiger partial charge on any atom is 0.241 e. The predicted molar refractivity (Wildman–Crippen MR) is 108 cm³/mol. The lowest BCUT2D eigenvalue weighted by Crippen LogP contribution is -2.41. The van der Waals surface area contributed by atoms with Crippen LogP contribution in [0, 0.1) is 0 Å². The van der Waals surface area contributed by atoms with Crippen molar-refractivity contribution < 1.29 is 17.9 Å². The number of ether oxygens (including phenoxy) is 1. The molecule has 2 aromatic carbocycles. The number of nitrogens with zero attached hydrogens (tertiary/aromatic N) is 1. The third kappa shape index (κ3) is 5.72.